The Bertz CT molecular complexity index is 401. The van der Waals surface area contributed by atoms with Crippen LogP contribution in [0.5, 0.6) is 0 Å². The number of nitrogens with zero attached hydrogens (tertiary/aromatic N) is 1. The molecule has 0 spiro atoms. The van der Waals surface area contributed by atoms with Gasteiger partial charge in [0.1, 0.15) is 0 Å². The molecule has 1 N–H and O–H groups in total. The van der Waals surface area contributed by atoms with Gasteiger partial charge in [0, 0.05) is 18.7 Å². The van der Waals surface area contributed by atoms with Gasteiger partial charge in [0.15, 0.2) is 0 Å². The van der Waals surface area contributed by atoms with Crippen LogP contribution in [0.25, 0.3) is 0 Å². The maximum absolute atomic E-state index is 11.3. The van der Waals surface area contributed by atoms with E-state index in [0.717, 1.165) is 6.54 Å². The van der Waals surface area contributed by atoms with E-state index in [2.05, 4.69) is 5.32 Å². The van der Waals surface area contributed by atoms with E-state index < -0.39 is 0 Å². The van der Waals surface area contributed by atoms with Crippen molar-refractivity contribution in [3.05, 3.63) is 26.0 Å². The quantitative estimate of drug-likeness (QED) is 0.714. The molecule has 0 radical (unpaired) electrons. The summed E-state index contributed by atoms with van der Waals surface area (Å²) in [5, 5.41) is 3.03. The summed E-state index contributed by atoms with van der Waals surface area (Å²) in [5.74, 6) is 0.122. The standard InChI is InChI=1S/C11H18N2O2/c1-7(2)8-9(11(15)10(8)14)12-5-6-13(3)4/h7,12H,5-6H2,1-4H3. The maximum atomic E-state index is 11.3. The Labute approximate surface area is 89.6 Å². The summed E-state index contributed by atoms with van der Waals surface area (Å²) in [4.78, 5) is 24.5. The van der Waals surface area contributed by atoms with E-state index in [4.69, 9.17) is 0 Å². The Morgan fingerprint density at radius 2 is 1.80 bits per heavy atom. The fourth-order valence-corrected chi connectivity index (χ4v) is 1.54. The molecule has 1 aromatic rings. The number of likely N-dealkylation sites (N-methyl/N-ethyl adjacent to an activating group) is 1. The summed E-state index contributed by atoms with van der Waals surface area (Å²) in [6.07, 6.45) is 0. The summed E-state index contributed by atoms with van der Waals surface area (Å²) in [6.45, 7) is 5.38. The molecule has 4 nitrogen and oxygen atoms in total. The van der Waals surface area contributed by atoms with E-state index in [-0.39, 0.29) is 16.8 Å². The highest BCUT2D eigenvalue weighted by Gasteiger charge is 2.22. The number of hydrogen-bond donors (Lipinski definition) is 1. The summed E-state index contributed by atoms with van der Waals surface area (Å²) in [6, 6.07) is 0. The molecule has 84 valence electrons. The Hall–Kier alpha value is -1.16. The van der Waals surface area contributed by atoms with Crippen LogP contribution in [-0.2, 0) is 0 Å². The molecule has 0 aliphatic heterocycles. The first-order chi connectivity index (χ1) is 6.95. The maximum Gasteiger partial charge on any atom is 0.249 e. The highest BCUT2D eigenvalue weighted by Crippen LogP contribution is 2.18. The molecule has 15 heavy (non-hydrogen) atoms. The topological polar surface area (TPSA) is 49.4 Å². The zero-order valence-corrected chi connectivity index (χ0v) is 9.76. The lowest BCUT2D eigenvalue weighted by molar-refractivity contribution is 0.425. The van der Waals surface area contributed by atoms with E-state index in [1.54, 1.807) is 0 Å². The number of nitrogens with one attached hydrogen (secondary N) is 1. The smallest absolute Gasteiger partial charge is 0.249 e. The van der Waals surface area contributed by atoms with Crippen LogP contribution in [0.15, 0.2) is 9.59 Å². The average molecular weight is 210 g/mol. The number of hydrogen-bond acceptors (Lipinski definition) is 4. The molecule has 0 atom stereocenters. The van der Waals surface area contributed by atoms with Crippen LogP contribution in [0, 0.1) is 0 Å². The van der Waals surface area contributed by atoms with E-state index in [0.29, 0.717) is 17.8 Å². The summed E-state index contributed by atoms with van der Waals surface area (Å²) < 4.78 is 0. The van der Waals surface area contributed by atoms with Crippen molar-refractivity contribution in [1.29, 1.82) is 0 Å². The zero-order chi connectivity index (χ0) is 11.6. The minimum Gasteiger partial charge on any atom is -0.380 e. The van der Waals surface area contributed by atoms with Gasteiger partial charge in [-0.15, -0.1) is 0 Å². The lowest BCUT2D eigenvalue weighted by Gasteiger charge is -2.17. The zero-order valence-electron chi connectivity index (χ0n) is 9.76. The van der Waals surface area contributed by atoms with E-state index >= 15 is 0 Å². The molecule has 0 aliphatic carbocycles. The van der Waals surface area contributed by atoms with Gasteiger partial charge < -0.3 is 10.2 Å². The molecule has 1 aromatic carbocycles. The van der Waals surface area contributed by atoms with Crippen LogP contribution in [-0.4, -0.2) is 32.1 Å². The molecule has 0 fully saturated rings. The molecule has 0 amide bonds. The third kappa shape index (κ3) is 2.45. The highest BCUT2D eigenvalue weighted by atomic mass is 16.2. The molecule has 0 unspecified atom stereocenters. The Kier molecular flexibility index (Phi) is 3.63. The predicted octanol–water partition coefficient (Wildman–Crippen LogP) is 0.380. The van der Waals surface area contributed by atoms with Crippen molar-refractivity contribution in [1.82, 2.24) is 4.90 Å². The van der Waals surface area contributed by atoms with Gasteiger partial charge in [-0.3, -0.25) is 9.59 Å². The first kappa shape index (κ1) is 11.9. The lowest BCUT2D eigenvalue weighted by atomic mass is 9.96. The van der Waals surface area contributed by atoms with Crippen molar-refractivity contribution in [3.8, 4) is 0 Å². The molecule has 0 saturated carbocycles. The van der Waals surface area contributed by atoms with Crippen LogP contribution in [0.3, 0.4) is 0 Å². The van der Waals surface area contributed by atoms with Crippen molar-refractivity contribution in [2.45, 2.75) is 19.8 Å². The van der Waals surface area contributed by atoms with Crippen LogP contribution < -0.4 is 16.2 Å². The van der Waals surface area contributed by atoms with Crippen molar-refractivity contribution in [3.63, 3.8) is 0 Å². The molecule has 4 heteroatoms. The van der Waals surface area contributed by atoms with Gasteiger partial charge in [0.2, 0.25) is 10.9 Å². The molecule has 0 heterocycles. The molecule has 0 aromatic heterocycles. The fourth-order valence-electron chi connectivity index (χ4n) is 1.54. The Morgan fingerprint density at radius 1 is 1.20 bits per heavy atom. The minimum atomic E-state index is -0.363. The van der Waals surface area contributed by atoms with E-state index in [9.17, 15) is 9.59 Å². The van der Waals surface area contributed by atoms with Crippen molar-refractivity contribution < 1.29 is 0 Å². The Balaban J connectivity index is 2.66. The summed E-state index contributed by atoms with van der Waals surface area (Å²) >= 11 is 0. The normalized spacial score (nSPS) is 11.6. The average Bonchev–Trinajstić information content (AvgIpc) is 2.14. The van der Waals surface area contributed by atoms with Gasteiger partial charge >= 0.3 is 0 Å². The second-order valence-electron chi connectivity index (χ2n) is 4.33. The van der Waals surface area contributed by atoms with Gasteiger partial charge in [-0.1, -0.05) is 13.8 Å². The van der Waals surface area contributed by atoms with Crippen molar-refractivity contribution >= 4 is 5.69 Å². The molecule has 1 rings (SSSR count). The second kappa shape index (κ2) is 4.57. The molecule has 0 aliphatic rings. The SMILES string of the molecule is CC(C)c1c(NCCN(C)C)c(=O)c1=O. The van der Waals surface area contributed by atoms with Gasteiger partial charge in [-0.05, 0) is 20.0 Å². The van der Waals surface area contributed by atoms with Gasteiger partial charge in [0.05, 0.1) is 5.69 Å². The largest absolute Gasteiger partial charge is 0.380 e. The first-order valence-corrected chi connectivity index (χ1v) is 5.17. The number of rotatable bonds is 5. The highest BCUT2D eigenvalue weighted by molar-refractivity contribution is 5.57. The van der Waals surface area contributed by atoms with Crippen LogP contribution >= 0.6 is 0 Å². The first-order valence-electron chi connectivity index (χ1n) is 5.17. The monoisotopic (exact) mass is 210 g/mol. The van der Waals surface area contributed by atoms with Gasteiger partial charge in [-0.2, -0.15) is 0 Å². The van der Waals surface area contributed by atoms with E-state index in [1.165, 1.54) is 0 Å². The fraction of sp³-hybridized carbons (Fsp3) is 0.636. The lowest BCUT2D eigenvalue weighted by Crippen LogP contribution is -2.40. The van der Waals surface area contributed by atoms with Crippen LogP contribution in [0.2, 0.25) is 0 Å². The second-order valence-corrected chi connectivity index (χ2v) is 4.33. The summed E-state index contributed by atoms with van der Waals surface area (Å²) in [5.41, 5.74) is 0.491. The number of anilines is 1. The third-order valence-electron chi connectivity index (χ3n) is 2.39. The molecular formula is C11H18N2O2. The minimum absolute atomic E-state index is 0.122. The predicted molar refractivity (Wildman–Crippen MR) is 62.5 cm³/mol. The van der Waals surface area contributed by atoms with Crippen molar-refractivity contribution in [2.24, 2.45) is 0 Å². The van der Waals surface area contributed by atoms with Gasteiger partial charge in [-0.25, -0.2) is 0 Å². The Morgan fingerprint density at radius 3 is 2.27 bits per heavy atom. The van der Waals surface area contributed by atoms with Crippen LogP contribution in [0.1, 0.15) is 25.3 Å². The third-order valence-corrected chi connectivity index (χ3v) is 2.39. The molecule has 0 bridgehead atoms. The van der Waals surface area contributed by atoms with Gasteiger partial charge in [0.25, 0.3) is 0 Å². The van der Waals surface area contributed by atoms with Crippen molar-refractivity contribution in [2.75, 3.05) is 32.5 Å². The van der Waals surface area contributed by atoms with E-state index in [1.807, 2.05) is 32.8 Å². The van der Waals surface area contributed by atoms with Crippen LogP contribution in [0.4, 0.5) is 5.69 Å². The molecular weight excluding hydrogens is 192 g/mol. The summed E-state index contributed by atoms with van der Waals surface area (Å²) in [7, 11) is 3.93. The molecule has 0 saturated heterocycles.